The third kappa shape index (κ3) is 3.20. The molecule has 0 unspecified atom stereocenters. The van der Waals surface area contributed by atoms with Gasteiger partial charge in [0.2, 0.25) is 5.91 Å². The second-order valence-corrected chi connectivity index (χ2v) is 5.36. The van der Waals surface area contributed by atoms with E-state index in [4.69, 9.17) is 0 Å². The van der Waals surface area contributed by atoms with Gasteiger partial charge in [-0.05, 0) is 35.9 Å². The Morgan fingerprint density at radius 1 is 1.28 bits per heavy atom. The van der Waals surface area contributed by atoms with Gasteiger partial charge >= 0.3 is 0 Å². The lowest BCUT2D eigenvalue weighted by atomic mass is 10.0. The molecule has 94 valence electrons. The maximum Gasteiger partial charge on any atom is 0.217 e. The predicted molar refractivity (Wildman–Crippen MR) is 75.8 cm³/mol. The summed E-state index contributed by atoms with van der Waals surface area (Å²) < 4.78 is 0. The average Bonchev–Trinajstić information content (AvgIpc) is 2.75. The zero-order valence-corrected chi connectivity index (χ0v) is 11.5. The van der Waals surface area contributed by atoms with Crippen molar-refractivity contribution < 1.29 is 4.79 Å². The second-order valence-electron chi connectivity index (χ2n) is 4.41. The number of carbonyl (C=O) groups excluding carboxylic acids is 1. The van der Waals surface area contributed by atoms with Crippen LogP contribution in [0.2, 0.25) is 0 Å². The summed E-state index contributed by atoms with van der Waals surface area (Å²) >= 11 is 1.70. The number of hydrogen-bond donors (Lipinski definition) is 1. The van der Waals surface area contributed by atoms with Crippen molar-refractivity contribution in [1.82, 2.24) is 5.32 Å². The van der Waals surface area contributed by atoms with Crippen LogP contribution in [-0.4, -0.2) is 5.91 Å². The Morgan fingerprint density at radius 2 is 2.00 bits per heavy atom. The number of thiophene rings is 1. The van der Waals surface area contributed by atoms with Gasteiger partial charge < -0.3 is 5.32 Å². The molecule has 1 N–H and O–H groups in total. The van der Waals surface area contributed by atoms with Gasteiger partial charge in [-0.2, -0.15) is 0 Å². The van der Waals surface area contributed by atoms with Crippen molar-refractivity contribution in [3.8, 4) is 0 Å². The summed E-state index contributed by atoms with van der Waals surface area (Å²) in [6.07, 6.45) is 0.835. The minimum Gasteiger partial charge on any atom is -0.348 e. The molecular formula is C15H17NOS. The molecule has 0 spiro atoms. The first-order chi connectivity index (χ1) is 8.66. The van der Waals surface area contributed by atoms with Gasteiger partial charge in [0.05, 0.1) is 6.04 Å². The molecule has 2 aromatic rings. The van der Waals surface area contributed by atoms with E-state index in [1.165, 1.54) is 16.0 Å². The summed E-state index contributed by atoms with van der Waals surface area (Å²) in [6.45, 7) is 3.66. The van der Waals surface area contributed by atoms with E-state index in [-0.39, 0.29) is 11.9 Å². The summed E-state index contributed by atoms with van der Waals surface area (Å²) in [6, 6.07) is 12.4. The molecule has 0 saturated carbocycles. The lowest BCUT2D eigenvalue weighted by molar-refractivity contribution is -0.119. The molecule has 1 aromatic heterocycles. The molecule has 1 atom stereocenters. The second kappa shape index (κ2) is 5.83. The standard InChI is InChI=1S/C15H17NOS/c1-11-8-9-18-15(11)14(16-12(2)17)10-13-6-4-3-5-7-13/h3-9,14H,10H2,1-2H3,(H,16,17)/t14-/m1/s1. The van der Waals surface area contributed by atoms with Crippen LogP contribution < -0.4 is 5.32 Å². The third-order valence-electron chi connectivity index (χ3n) is 2.88. The molecule has 3 heteroatoms. The maximum absolute atomic E-state index is 11.3. The Bertz CT molecular complexity index is 518. The van der Waals surface area contributed by atoms with Crippen molar-refractivity contribution in [2.45, 2.75) is 26.3 Å². The summed E-state index contributed by atoms with van der Waals surface area (Å²) in [5.41, 5.74) is 2.48. The number of nitrogens with one attached hydrogen (secondary N) is 1. The van der Waals surface area contributed by atoms with Crippen LogP contribution in [0.4, 0.5) is 0 Å². The van der Waals surface area contributed by atoms with E-state index < -0.39 is 0 Å². The zero-order chi connectivity index (χ0) is 13.0. The van der Waals surface area contributed by atoms with Crippen molar-refractivity contribution in [2.24, 2.45) is 0 Å². The van der Waals surface area contributed by atoms with Crippen molar-refractivity contribution in [1.29, 1.82) is 0 Å². The summed E-state index contributed by atoms with van der Waals surface area (Å²) in [5, 5.41) is 5.12. The smallest absolute Gasteiger partial charge is 0.217 e. The van der Waals surface area contributed by atoms with Gasteiger partial charge in [-0.15, -0.1) is 11.3 Å². The highest BCUT2D eigenvalue weighted by Gasteiger charge is 2.16. The molecule has 1 aromatic carbocycles. The van der Waals surface area contributed by atoms with E-state index in [9.17, 15) is 4.79 Å². The molecule has 0 aliphatic rings. The van der Waals surface area contributed by atoms with Gasteiger partial charge in [0.15, 0.2) is 0 Å². The number of hydrogen-bond acceptors (Lipinski definition) is 2. The fourth-order valence-corrected chi connectivity index (χ4v) is 3.03. The molecule has 0 radical (unpaired) electrons. The van der Waals surface area contributed by atoms with Crippen LogP contribution in [0.15, 0.2) is 41.8 Å². The number of carbonyl (C=O) groups is 1. The van der Waals surface area contributed by atoms with Crippen LogP contribution in [0.5, 0.6) is 0 Å². The van der Waals surface area contributed by atoms with Gasteiger partial charge in [-0.1, -0.05) is 30.3 Å². The van der Waals surface area contributed by atoms with Crippen molar-refractivity contribution >= 4 is 17.2 Å². The van der Waals surface area contributed by atoms with E-state index in [0.29, 0.717) is 0 Å². The van der Waals surface area contributed by atoms with E-state index in [2.05, 4.69) is 35.8 Å². The quantitative estimate of drug-likeness (QED) is 0.895. The van der Waals surface area contributed by atoms with Gasteiger partial charge in [0.25, 0.3) is 0 Å². The Balaban J connectivity index is 2.21. The number of aryl methyl sites for hydroxylation is 1. The maximum atomic E-state index is 11.3. The minimum absolute atomic E-state index is 0.0173. The fraction of sp³-hybridized carbons (Fsp3) is 0.267. The molecule has 0 aliphatic heterocycles. The molecule has 2 rings (SSSR count). The number of amides is 1. The average molecular weight is 259 g/mol. The monoisotopic (exact) mass is 259 g/mol. The highest BCUT2D eigenvalue weighted by molar-refractivity contribution is 7.10. The van der Waals surface area contributed by atoms with Crippen LogP contribution in [-0.2, 0) is 11.2 Å². The van der Waals surface area contributed by atoms with Crippen LogP contribution >= 0.6 is 11.3 Å². The van der Waals surface area contributed by atoms with Crippen molar-refractivity contribution in [3.63, 3.8) is 0 Å². The first-order valence-electron chi connectivity index (χ1n) is 6.02. The van der Waals surface area contributed by atoms with E-state index in [1.807, 2.05) is 18.2 Å². The molecule has 2 nitrogen and oxygen atoms in total. The van der Waals surface area contributed by atoms with Crippen molar-refractivity contribution in [2.75, 3.05) is 0 Å². The Labute approximate surface area is 112 Å². The molecule has 1 amide bonds. The van der Waals surface area contributed by atoms with Gasteiger partial charge in [0.1, 0.15) is 0 Å². The SMILES string of the molecule is CC(=O)N[C@H](Cc1ccccc1)c1sccc1C. The Hall–Kier alpha value is -1.61. The van der Waals surface area contributed by atoms with E-state index >= 15 is 0 Å². The van der Waals surface area contributed by atoms with Crippen LogP contribution in [0.3, 0.4) is 0 Å². The molecule has 1 heterocycles. The van der Waals surface area contributed by atoms with Crippen LogP contribution in [0.1, 0.15) is 29.0 Å². The normalized spacial score (nSPS) is 12.1. The molecule has 0 saturated heterocycles. The summed E-state index contributed by atoms with van der Waals surface area (Å²) in [7, 11) is 0. The topological polar surface area (TPSA) is 29.1 Å². The molecular weight excluding hydrogens is 242 g/mol. The van der Waals surface area contributed by atoms with Gasteiger partial charge in [-0.3, -0.25) is 4.79 Å². The lowest BCUT2D eigenvalue weighted by Crippen LogP contribution is -2.27. The van der Waals surface area contributed by atoms with Gasteiger partial charge in [-0.25, -0.2) is 0 Å². The first-order valence-corrected chi connectivity index (χ1v) is 6.90. The summed E-state index contributed by atoms with van der Waals surface area (Å²) in [4.78, 5) is 12.6. The molecule has 0 aliphatic carbocycles. The summed E-state index contributed by atoms with van der Waals surface area (Å²) in [5.74, 6) is 0.0173. The number of benzene rings is 1. The van der Waals surface area contributed by atoms with Gasteiger partial charge in [0, 0.05) is 11.8 Å². The lowest BCUT2D eigenvalue weighted by Gasteiger charge is -2.17. The highest BCUT2D eigenvalue weighted by Crippen LogP contribution is 2.26. The molecule has 0 bridgehead atoms. The predicted octanol–water partition coefficient (Wildman–Crippen LogP) is 3.48. The minimum atomic E-state index is 0.0173. The van der Waals surface area contributed by atoms with E-state index in [1.54, 1.807) is 18.3 Å². The fourth-order valence-electron chi connectivity index (χ4n) is 2.05. The molecule has 0 fully saturated rings. The van der Waals surface area contributed by atoms with Crippen LogP contribution in [0, 0.1) is 6.92 Å². The van der Waals surface area contributed by atoms with E-state index in [0.717, 1.165) is 6.42 Å². The first kappa shape index (κ1) is 12.8. The Kier molecular flexibility index (Phi) is 4.15. The Morgan fingerprint density at radius 3 is 2.56 bits per heavy atom. The largest absolute Gasteiger partial charge is 0.348 e. The third-order valence-corrected chi connectivity index (χ3v) is 4.01. The van der Waals surface area contributed by atoms with Crippen molar-refractivity contribution in [3.05, 3.63) is 57.8 Å². The zero-order valence-electron chi connectivity index (χ0n) is 10.6. The molecule has 18 heavy (non-hydrogen) atoms. The number of rotatable bonds is 4. The van der Waals surface area contributed by atoms with Crippen LogP contribution in [0.25, 0.3) is 0 Å². The highest BCUT2D eigenvalue weighted by atomic mass is 32.1.